The Labute approximate surface area is 163 Å². The lowest BCUT2D eigenvalue weighted by Crippen LogP contribution is -2.29. The van der Waals surface area contributed by atoms with E-state index in [0.29, 0.717) is 28.1 Å². The van der Waals surface area contributed by atoms with Crippen LogP contribution < -0.4 is 9.47 Å². The predicted octanol–water partition coefficient (Wildman–Crippen LogP) is 4.49. The maximum absolute atomic E-state index is 12.8. The fourth-order valence-electron chi connectivity index (χ4n) is 2.59. The van der Waals surface area contributed by atoms with Crippen molar-refractivity contribution in [1.29, 1.82) is 0 Å². The predicted molar refractivity (Wildman–Crippen MR) is 111 cm³/mol. The summed E-state index contributed by atoms with van der Waals surface area (Å²) in [6.45, 7) is 4.15. The van der Waals surface area contributed by atoms with E-state index in [4.69, 9.17) is 9.47 Å². The molecular weight excluding hydrogens is 360 g/mol. The maximum atomic E-state index is 12.8. The van der Waals surface area contributed by atoms with Crippen LogP contribution in [-0.2, 0) is 4.79 Å². The SMILES string of the molecule is C=CCN1C(=O)/C(=C\c2ccc(OC)c(OC)c2)SC1=Nc1ccccc1. The molecule has 1 amide bonds. The first-order valence-corrected chi connectivity index (χ1v) is 9.16. The maximum Gasteiger partial charge on any atom is 0.267 e. The zero-order chi connectivity index (χ0) is 19.2. The topological polar surface area (TPSA) is 51.1 Å². The highest BCUT2D eigenvalue weighted by molar-refractivity contribution is 8.18. The quantitative estimate of drug-likeness (QED) is 0.547. The molecule has 6 heteroatoms. The number of thioether (sulfide) groups is 1. The second-order valence-corrected chi connectivity index (χ2v) is 6.67. The van der Waals surface area contributed by atoms with E-state index in [1.807, 2.05) is 54.6 Å². The molecule has 2 aromatic carbocycles. The Hall–Kier alpha value is -2.99. The molecule has 2 aromatic rings. The summed E-state index contributed by atoms with van der Waals surface area (Å²) in [6, 6.07) is 15.1. The Kier molecular flexibility index (Phi) is 5.98. The number of nitrogens with zero attached hydrogens (tertiary/aromatic N) is 2. The lowest BCUT2D eigenvalue weighted by Gasteiger charge is -2.12. The third-order valence-corrected chi connectivity index (χ3v) is 4.89. The molecule has 1 heterocycles. The number of hydrogen-bond donors (Lipinski definition) is 0. The third kappa shape index (κ3) is 4.23. The summed E-state index contributed by atoms with van der Waals surface area (Å²) in [6.07, 6.45) is 3.52. The van der Waals surface area contributed by atoms with Crippen LogP contribution in [-0.4, -0.2) is 36.7 Å². The van der Waals surface area contributed by atoms with Crippen molar-refractivity contribution in [2.45, 2.75) is 0 Å². The lowest BCUT2D eigenvalue weighted by atomic mass is 10.2. The normalized spacial score (nSPS) is 16.8. The van der Waals surface area contributed by atoms with Gasteiger partial charge in [-0.3, -0.25) is 9.69 Å². The van der Waals surface area contributed by atoms with Crippen molar-refractivity contribution >= 4 is 34.6 Å². The van der Waals surface area contributed by atoms with Gasteiger partial charge >= 0.3 is 0 Å². The summed E-state index contributed by atoms with van der Waals surface area (Å²) in [7, 11) is 3.17. The molecular formula is C21H20N2O3S. The number of hydrogen-bond acceptors (Lipinski definition) is 5. The van der Waals surface area contributed by atoms with Gasteiger partial charge in [-0.1, -0.05) is 30.3 Å². The van der Waals surface area contributed by atoms with E-state index in [1.54, 1.807) is 25.2 Å². The van der Waals surface area contributed by atoms with Gasteiger partial charge in [0, 0.05) is 6.54 Å². The molecule has 0 aliphatic carbocycles. The minimum Gasteiger partial charge on any atom is -0.493 e. The molecule has 0 aromatic heterocycles. The number of aliphatic imine (C=N–C) groups is 1. The van der Waals surface area contributed by atoms with Crippen molar-refractivity contribution in [2.24, 2.45) is 4.99 Å². The minimum absolute atomic E-state index is 0.0932. The summed E-state index contributed by atoms with van der Waals surface area (Å²) in [5.41, 5.74) is 1.65. The minimum atomic E-state index is -0.0932. The Balaban J connectivity index is 1.94. The molecule has 0 spiro atoms. The van der Waals surface area contributed by atoms with Gasteiger partial charge in [0.1, 0.15) is 0 Å². The van der Waals surface area contributed by atoms with E-state index >= 15 is 0 Å². The smallest absolute Gasteiger partial charge is 0.267 e. The van der Waals surface area contributed by atoms with Crippen molar-refractivity contribution in [3.63, 3.8) is 0 Å². The highest BCUT2D eigenvalue weighted by atomic mass is 32.2. The molecule has 1 aliphatic heterocycles. The molecule has 0 bridgehead atoms. The van der Waals surface area contributed by atoms with Crippen LogP contribution in [0.25, 0.3) is 6.08 Å². The number of ether oxygens (including phenoxy) is 2. The molecule has 5 nitrogen and oxygen atoms in total. The first-order valence-electron chi connectivity index (χ1n) is 8.34. The number of carbonyl (C=O) groups is 1. The fraction of sp³-hybridized carbons (Fsp3) is 0.143. The molecule has 138 valence electrons. The molecule has 0 radical (unpaired) electrons. The van der Waals surface area contributed by atoms with Gasteiger partial charge < -0.3 is 9.47 Å². The molecule has 3 rings (SSSR count). The zero-order valence-electron chi connectivity index (χ0n) is 15.2. The lowest BCUT2D eigenvalue weighted by molar-refractivity contribution is -0.121. The van der Waals surface area contributed by atoms with E-state index in [1.165, 1.54) is 11.8 Å². The Morgan fingerprint density at radius 2 is 1.85 bits per heavy atom. The average molecular weight is 380 g/mol. The van der Waals surface area contributed by atoms with Crippen LogP contribution in [0.4, 0.5) is 5.69 Å². The highest BCUT2D eigenvalue weighted by Gasteiger charge is 2.32. The van der Waals surface area contributed by atoms with Crippen LogP contribution in [0.5, 0.6) is 11.5 Å². The Morgan fingerprint density at radius 1 is 1.11 bits per heavy atom. The van der Waals surface area contributed by atoms with Gasteiger partial charge in [0.05, 0.1) is 24.8 Å². The second kappa shape index (κ2) is 8.60. The second-order valence-electron chi connectivity index (χ2n) is 5.66. The number of methoxy groups -OCH3 is 2. The first-order chi connectivity index (χ1) is 13.2. The van der Waals surface area contributed by atoms with Gasteiger partial charge in [0.15, 0.2) is 16.7 Å². The number of para-hydroxylation sites is 1. The fourth-order valence-corrected chi connectivity index (χ4v) is 3.60. The van der Waals surface area contributed by atoms with Crippen molar-refractivity contribution in [1.82, 2.24) is 4.90 Å². The van der Waals surface area contributed by atoms with E-state index in [9.17, 15) is 4.79 Å². The average Bonchev–Trinajstić information content (AvgIpc) is 2.97. The molecule has 0 saturated carbocycles. The largest absolute Gasteiger partial charge is 0.493 e. The summed E-state index contributed by atoms with van der Waals surface area (Å²) in [4.78, 5) is 19.7. The molecule has 27 heavy (non-hydrogen) atoms. The molecule has 1 fully saturated rings. The Morgan fingerprint density at radius 3 is 2.52 bits per heavy atom. The zero-order valence-corrected chi connectivity index (χ0v) is 16.0. The van der Waals surface area contributed by atoms with Crippen molar-refractivity contribution in [2.75, 3.05) is 20.8 Å². The third-order valence-electron chi connectivity index (χ3n) is 3.89. The van der Waals surface area contributed by atoms with Crippen LogP contribution in [0, 0.1) is 0 Å². The summed E-state index contributed by atoms with van der Waals surface area (Å²) < 4.78 is 10.6. The molecule has 1 saturated heterocycles. The van der Waals surface area contributed by atoms with Gasteiger partial charge in [-0.05, 0) is 47.7 Å². The highest BCUT2D eigenvalue weighted by Crippen LogP contribution is 2.35. The number of amides is 1. The summed E-state index contributed by atoms with van der Waals surface area (Å²) >= 11 is 1.35. The van der Waals surface area contributed by atoms with E-state index in [0.717, 1.165) is 11.3 Å². The van der Waals surface area contributed by atoms with Crippen molar-refractivity contribution in [3.05, 3.63) is 71.7 Å². The van der Waals surface area contributed by atoms with Crippen LogP contribution in [0.1, 0.15) is 5.56 Å². The van der Waals surface area contributed by atoms with Gasteiger partial charge in [0.2, 0.25) is 0 Å². The van der Waals surface area contributed by atoms with Gasteiger partial charge in [-0.15, -0.1) is 6.58 Å². The number of carbonyl (C=O) groups excluding carboxylic acids is 1. The van der Waals surface area contributed by atoms with Crippen molar-refractivity contribution < 1.29 is 14.3 Å². The summed E-state index contributed by atoms with van der Waals surface area (Å²) in [5.74, 6) is 1.16. The van der Waals surface area contributed by atoms with Gasteiger partial charge in [-0.2, -0.15) is 0 Å². The summed E-state index contributed by atoms with van der Waals surface area (Å²) in [5, 5.41) is 0.637. The molecule has 0 atom stereocenters. The van der Waals surface area contributed by atoms with Crippen LogP contribution in [0.15, 0.2) is 71.1 Å². The molecule has 0 unspecified atom stereocenters. The molecule has 1 aliphatic rings. The number of benzene rings is 2. The van der Waals surface area contributed by atoms with Crippen molar-refractivity contribution in [3.8, 4) is 11.5 Å². The van der Waals surface area contributed by atoms with Gasteiger partial charge in [0.25, 0.3) is 5.91 Å². The standard InChI is InChI=1S/C21H20N2O3S/c1-4-12-23-20(24)19(27-21(23)22-16-8-6-5-7-9-16)14-15-10-11-17(25-2)18(13-15)26-3/h4-11,13-14H,1,12H2,2-3H3/b19-14+,22-21?. The van der Waals surface area contributed by atoms with Crippen LogP contribution in [0.2, 0.25) is 0 Å². The van der Waals surface area contributed by atoms with Crippen LogP contribution >= 0.6 is 11.8 Å². The number of rotatable bonds is 6. The molecule has 0 N–H and O–H groups in total. The monoisotopic (exact) mass is 380 g/mol. The van der Waals surface area contributed by atoms with Crippen LogP contribution in [0.3, 0.4) is 0 Å². The number of amidine groups is 1. The van der Waals surface area contributed by atoms with E-state index in [2.05, 4.69) is 11.6 Å². The van der Waals surface area contributed by atoms with E-state index in [-0.39, 0.29) is 5.91 Å². The first kappa shape index (κ1) is 18.8. The van der Waals surface area contributed by atoms with E-state index < -0.39 is 0 Å². The Bertz CT molecular complexity index is 907. The van der Waals surface area contributed by atoms with Gasteiger partial charge in [-0.25, -0.2) is 4.99 Å².